The smallest absolute Gasteiger partial charge is 0.359 e. The maximum atomic E-state index is 13.9. The fourth-order valence-corrected chi connectivity index (χ4v) is 5.85. The summed E-state index contributed by atoms with van der Waals surface area (Å²) in [4.78, 5) is 21.3. The second-order valence-corrected chi connectivity index (χ2v) is 13.1. The van der Waals surface area contributed by atoms with Crippen molar-refractivity contribution in [2.24, 2.45) is 5.41 Å². The Bertz CT molecular complexity index is 1750. The highest BCUT2D eigenvalue weighted by atomic mass is 35.5. The summed E-state index contributed by atoms with van der Waals surface area (Å²) in [5.74, 6) is 0. The number of phosphoric acid groups is 1. The standard InChI is InChI=1S/C35H34ClN2O5P/c1-25-33(36)34(39)32(29-16-17-30(37-21-29)28-15-10-19-35(2,3)20-18-28)31(38-25)24-43-44(40,41-22-26-11-6-4-7-12-26)42-23-27-13-8-5-9-14-27/h4-21H,22-24H2,1-3H3,(H,38,39). The number of nitrogens with zero attached hydrogens (tertiary/aromatic N) is 1. The van der Waals surface area contributed by atoms with E-state index in [0.29, 0.717) is 17.0 Å². The topological polar surface area (TPSA) is 90.5 Å². The molecule has 0 atom stereocenters. The lowest BCUT2D eigenvalue weighted by Crippen LogP contribution is -2.14. The van der Waals surface area contributed by atoms with Crippen LogP contribution in [0.25, 0.3) is 16.7 Å². The number of halogens is 1. The average molecular weight is 629 g/mol. The number of H-pyrrole nitrogens is 1. The molecule has 0 unspecified atom stereocenters. The number of aromatic amines is 1. The Morgan fingerprint density at radius 3 is 2.07 bits per heavy atom. The van der Waals surface area contributed by atoms with Gasteiger partial charge in [-0.25, -0.2) is 4.57 Å². The van der Waals surface area contributed by atoms with Gasteiger partial charge in [-0.2, -0.15) is 0 Å². The van der Waals surface area contributed by atoms with E-state index in [1.807, 2.05) is 91.0 Å². The van der Waals surface area contributed by atoms with Gasteiger partial charge in [0.25, 0.3) is 0 Å². The summed E-state index contributed by atoms with van der Waals surface area (Å²) < 4.78 is 31.3. The van der Waals surface area contributed by atoms with Crippen LogP contribution in [0.3, 0.4) is 0 Å². The molecule has 0 bridgehead atoms. The zero-order valence-electron chi connectivity index (χ0n) is 24.8. The first-order valence-corrected chi connectivity index (χ1v) is 16.0. The highest BCUT2D eigenvalue weighted by Gasteiger charge is 2.29. The van der Waals surface area contributed by atoms with E-state index in [1.165, 1.54) is 0 Å². The average Bonchev–Trinajstić information content (AvgIpc) is 3.22. The molecular weight excluding hydrogens is 595 g/mol. The van der Waals surface area contributed by atoms with Crippen molar-refractivity contribution < 1.29 is 18.1 Å². The summed E-state index contributed by atoms with van der Waals surface area (Å²) in [7, 11) is -4.10. The minimum absolute atomic E-state index is 0.0119. The molecule has 7 nitrogen and oxygen atoms in total. The number of phosphoric ester groups is 1. The van der Waals surface area contributed by atoms with E-state index in [0.717, 1.165) is 22.4 Å². The molecule has 4 aromatic rings. The van der Waals surface area contributed by atoms with Crippen LogP contribution in [0.2, 0.25) is 5.02 Å². The first kappa shape index (κ1) is 31.6. The van der Waals surface area contributed by atoms with E-state index in [2.05, 4.69) is 36.0 Å². The van der Waals surface area contributed by atoms with Crippen LogP contribution < -0.4 is 5.43 Å². The van der Waals surface area contributed by atoms with Crippen molar-refractivity contribution in [3.63, 3.8) is 0 Å². The maximum Gasteiger partial charge on any atom is 0.475 e. The van der Waals surface area contributed by atoms with Crippen LogP contribution in [-0.4, -0.2) is 9.97 Å². The number of hydrogen-bond donors (Lipinski definition) is 1. The van der Waals surface area contributed by atoms with Gasteiger partial charge in [-0.05, 0) is 29.7 Å². The largest absolute Gasteiger partial charge is 0.475 e. The lowest BCUT2D eigenvalue weighted by Gasteiger charge is -2.20. The van der Waals surface area contributed by atoms with E-state index in [-0.39, 0.29) is 41.3 Å². The molecule has 0 saturated carbocycles. The van der Waals surface area contributed by atoms with Crippen LogP contribution in [0.5, 0.6) is 0 Å². The fraction of sp³-hybridized carbons (Fsp3) is 0.200. The Kier molecular flexibility index (Phi) is 9.94. The number of benzene rings is 2. The second kappa shape index (κ2) is 13.9. The molecule has 44 heavy (non-hydrogen) atoms. The molecular formula is C35H34ClN2O5P. The second-order valence-electron chi connectivity index (χ2n) is 11.1. The molecule has 2 aromatic heterocycles. The van der Waals surface area contributed by atoms with Crippen molar-refractivity contribution in [2.75, 3.05) is 0 Å². The summed E-state index contributed by atoms with van der Waals surface area (Å²) in [6.45, 7) is 5.70. The Balaban J connectivity index is 1.42. The van der Waals surface area contributed by atoms with Crippen molar-refractivity contribution in [2.45, 2.75) is 40.6 Å². The van der Waals surface area contributed by atoms with Crippen LogP contribution in [0, 0.1) is 12.3 Å². The van der Waals surface area contributed by atoms with Gasteiger partial charge in [0.2, 0.25) is 5.43 Å². The molecule has 0 fully saturated rings. The third-order valence-corrected chi connectivity index (χ3v) is 8.86. The number of rotatable bonds is 11. The molecule has 0 aliphatic heterocycles. The van der Waals surface area contributed by atoms with Gasteiger partial charge in [0, 0.05) is 22.9 Å². The van der Waals surface area contributed by atoms with Crippen LogP contribution in [0.15, 0.2) is 114 Å². The molecule has 1 N–H and O–H groups in total. The van der Waals surface area contributed by atoms with Gasteiger partial charge < -0.3 is 4.98 Å². The van der Waals surface area contributed by atoms with E-state index in [9.17, 15) is 9.36 Å². The van der Waals surface area contributed by atoms with Crippen LogP contribution in [0.4, 0.5) is 0 Å². The van der Waals surface area contributed by atoms with E-state index >= 15 is 0 Å². The number of allylic oxidation sites excluding steroid dienone is 6. The third-order valence-electron chi connectivity index (χ3n) is 7.07. The molecule has 0 spiro atoms. The van der Waals surface area contributed by atoms with Crippen molar-refractivity contribution in [1.29, 1.82) is 0 Å². The summed E-state index contributed by atoms with van der Waals surface area (Å²) >= 11 is 6.39. The monoisotopic (exact) mass is 628 g/mol. The molecule has 1 aliphatic rings. The molecule has 226 valence electrons. The predicted octanol–water partition coefficient (Wildman–Crippen LogP) is 8.99. The molecule has 2 heterocycles. The first-order valence-electron chi connectivity index (χ1n) is 14.2. The fourth-order valence-electron chi connectivity index (χ4n) is 4.58. The van der Waals surface area contributed by atoms with Crippen molar-refractivity contribution in [1.82, 2.24) is 9.97 Å². The predicted molar refractivity (Wildman–Crippen MR) is 175 cm³/mol. The van der Waals surface area contributed by atoms with Crippen molar-refractivity contribution in [3.05, 3.63) is 153 Å². The minimum Gasteiger partial charge on any atom is -0.359 e. The molecule has 5 rings (SSSR count). The SMILES string of the molecule is Cc1[nH]c(COP(=O)(OCc2ccccc2)OCc2ccccc2)c(-c2ccc(C3=CC=CC(C)(C)C=C3)nc2)c(=O)c1Cl. The van der Waals surface area contributed by atoms with Gasteiger partial charge in [-0.1, -0.05) is 123 Å². The van der Waals surface area contributed by atoms with Gasteiger partial charge in [0.05, 0.1) is 36.8 Å². The van der Waals surface area contributed by atoms with E-state index in [4.69, 9.17) is 25.2 Å². The third kappa shape index (κ3) is 8.00. The normalized spacial score (nSPS) is 14.3. The lowest BCUT2D eigenvalue weighted by atomic mass is 9.93. The summed E-state index contributed by atoms with van der Waals surface area (Å²) in [6, 6.07) is 22.3. The number of aryl methyl sites for hydroxylation is 1. The molecule has 0 radical (unpaired) electrons. The number of hydrogen-bond acceptors (Lipinski definition) is 6. The zero-order valence-corrected chi connectivity index (χ0v) is 26.5. The van der Waals surface area contributed by atoms with Crippen molar-refractivity contribution in [3.8, 4) is 11.1 Å². The van der Waals surface area contributed by atoms with Crippen LogP contribution in [0.1, 0.15) is 42.1 Å². The number of pyridine rings is 2. The Hall–Kier alpha value is -3.84. The summed E-state index contributed by atoms with van der Waals surface area (Å²) in [6.07, 6.45) is 11.9. The number of aromatic nitrogens is 2. The van der Waals surface area contributed by atoms with Crippen molar-refractivity contribution >= 4 is 25.0 Å². The quantitative estimate of drug-likeness (QED) is 0.167. The Morgan fingerprint density at radius 2 is 1.48 bits per heavy atom. The Labute approximate surface area is 262 Å². The Morgan fingerprint density at radius 1 is 0.864 bits per heavy atom. The zero-order chi connectivity index (χ0) is 31.2. The van der Waals surface area contributed by atoms with Gasteiger partial charge in [0.1, 0.15) is 5.02 Å². The molecule has 9 heteroatoms. The van der Waals surface area contributed by atoms with Gasteiger partial charge in [-0.3, -0.25) is 23.3 Å². The minimum atomic E-state index is -4.10. The van der Waals surface area contributed by atoms with Gasteiger partial charge in [0.15, 0.2) is 0 Å². The molecule has 0 saturated heterocycles. The van der Waals surface area contributed by atoms with E-state index < -0.39 is 7.82 Å². The van der Waals surface area contributed by atoms with Gasteiger partial charge in [-0.15, -0.1) is 0 Å². The molecule has 2 aromatic carbocycles. The number of nitrogens with one attached hydrogen (secondary N) is 1. The maximum absolute atomic E-state index is 13.9. The highest BCUT2D eigenvalue weighted by Crippen LogP contribution is 2.52. The van der Waals surface area contributed by atoms with Crippen LogP contribution in [-0.2, 0) is 38.0 Å². The van der Waals surface area contributed by atoms with Crippen LogP contribution >= 0.6 is 19.4 Å². The first-order chi connectivity index (χ1) is 21.1. The van der Waals surface area contributed by atoms with Gasteiger partial charge >= 0.3 is 7.82 Å². The molecule has 1 aliphatic carbocycles. The highest BCUT2D eigenvalue weighted by molar-refractivity contribution is 7.48. The molecule has 0 amide bonds. The lowest BCUT2D eigenvalue weighted by molar-refractivity contribution is 0.0970. The van der Waals surface area contributed by atoms with E-state index in [1.54, 1.807) is 13.1 Å². The summed E-state index contributed by atoms with van der Waals surface area (Å²) in [5, 5.41) is 0.0541. The summed E-state index contributed by atoms with van der Waals surface area (Å²) in [5.41, 5.74) is 4.50.